The van der Waals surface area contributed by atoms with Crippen LogP contribution in [-0.4, -0.2) is 26.3 Å². The van der Waals surface area contributed by atoms with E-state index in [1.165, 1.54) is 11.8 Å². The number of nitrogens with zero attached hydrogens (tertiary/aromatic N) is 1. The normalized spacial score (nSPS) is 12.8. The molecule has 0 saturated heterocycles. The molecular weight excluding hydrogens is 288 g/mol. The molecule has 0 saturated carbocycles. The number of rotatable bonds is 5. The molecule has 0 bridgehead atoms. The Morgan fingerprint density at radius 2 is 2.14 bits per heavy atom. The Hall–Kier alpha value is -1.82. The molecule has 1 atom stereocenters. The molecule has 0 aliphatic rings. The Labute approximate surface area is 126 Å². The topological polar surface area (TPSA) is 83.0 Å². The zero-order chi connectivity index (χ0) is 15.6. The number of hydrogen-bond donors (Lipinski definition) is 2. The summed E-state index contributed by atoms with van der Waals surface area (Å²) in [6, 6.07) is 5.46. The number of para-hydroxylation sites is 1. The maximum Gasteiger partial charge on any atom is 0.316 e. The quantitative estimate of drug-likeness (QED) is 0.887. The fraction of sp³-hybridized carbons (Fsp3) is 0.400. The van der Waals surface area contributed by atoms with Gasteiger partial charge in [0, 0.05) is 0 Å². The van der Waals surface area contributed by atoms with Crippen LogP contribution in [0.4, 0.5) is 0 Å². The van der Waals surface area contributed by atoms with Crippen LogP contribution in [0.2, 0.25) is 0 Å². The van der Waals surface area contributed by atoms with E-state index in [0.29, 0.717) is 22.5 Å². The van der Waals surface area contributed by atoms with Crippen LogP contribution in [0.3, 0.4) is 0 Å². The molecule has 1 heterocycles. The number of carboxylic acids is 1. The third kappa shape index (κ3) is 3.44. The number of hydrogen-bond acceptors (Lipinski definition) is 4. The standard InChI is InChI=1S/C15H18N2O3S/c1-8(2)13(15(19)20)21-7-11-16-12-9(3)5-4-6-10(12)14(18)17-11/h4-6,8,13H,7H2,1-3H3,(H,19,20)(H,16,17,18). The van der Waals surface area contributed by atoms with Crippen LogP contribution in [0.15, 0.2) is 23.0 Å². The van der Waals surface area contributed by atoms with Crippen molar-refractivity contribution in [2.45, 2.75) is 31.8 Å². The highest BCUT2D eigenvalue weighted by Gasteiger charge is 2.22. The van der Waals surface area contributed by atoms with E-state index in [2.05, 4.69) is 9.97 Å². The Bertz CT molecular complexity index is 724. The van der Waals surface area contributed by atoms with Crippen molar-refractivity contribution in [1.29, 1.82) is 0 Å². The van der Waals surface area contributed by atoms with Crippen LogP contribution in [0.1, 0.15) is 25.2 Å². The number of H-pyrrole nitrogens is 1. The van der Waals surface area contributed by atoms with Gasteiger partial charge in [0.25, 0.3) is 5.56 Å². The first-order valence-electron chi connectivity index (χ1n) is 6.73. The van der Waals surface area contributed by atoms with Crippen LogP contribution < -0.4 is 5.56 Å². The van der Waals surface area contributed by atoms with Gasteiger partial charge in [0.05, 0.1) is 16.7 Å². The van der Waals surface area contributed by atoms with Crippen molar-refractivity contribution >= 4 is 28.6 Å². The molecule has 1 aromatic carbocycles. The number of carbonyl (C=O) groups is 1. The number of benzene rings is 1. The molecule has 0 aliphatic heterocycles. The van der Waals surface area contributed by atoms with Crippen molar-refractivity contribution < 1.29 is 9.90 Å². The molecule has 0 fully saturated rings. The number of aryl methyl sites for hydroxylation is 1. The van der Waals surface area contributed by atoms with E-state index in [9.17, 15) is 14.7 Å². The summed E-state index contributed by atoms with van der Waals surface area (Å²) in [5.74, 6) is 0.0590. The summed E-state index contributed by atoms with van der Waals surface area (Å²) in [5, 5.41) is 9.23. The number of aliphatic carboxylic acids is 1. The van der Waals surface area contributed by atoms with Crippen molar-refractivity contribution in [3.8, 4) is 0 Å². The van der Waals surface area contributed by atoms with Crippen molar-refractivity contribution in [3.05, 3.63) is 39.9 Å². The number of fused-ring (bicyclic) bond motifs is 1. The highest BCUT2D eigenvalue weighted by molar-refractivity contribution is 7.99. The first kappa shape index (κ1) is 15.6. The second kappa shape index (κ2) is 6.30. The molecule has 0 spiro atoms. The van der Waals surface area contributed by atoms with Gasteiger partial charge in [-0.2, -0.15) is 0 Å². The van der Waals surface area contributed by atoms with Crippen LogP contribution >= 0.6 is 11.8 Å². The van der Waals surface area contributed by atoms with E-state index < -0.39 is 11.2 Å². The second-order valence-corrected chi connectivity index (χ2v) is 6.43. The molecule has 2 N–H and O–H groups in total. The molecule has 2 rings (SSSR count). The van der Waals surface area contributed by atoms with E-state index >= 15 is 0 Å². The van der Waals surface area contributed by atoms with Crippen LogP contribution in [-0.2, 0) is 10.5 Å². The SMILES string of the molecule is Cc1cccc2c(=O)[nH]c(CSC(C(=O)O)C(C)C)nc12. The lowest BCUT2D eigenvalue weighted by atomic mass is 10.1. The van der Waals surface area contributed by atoms with E-state index in [0.717, 1.165) is 5.56 Å². The van der Waals surface area contributed by atoms with Crippen LogP contribution in [0.25, 0.3) is 10.9 Å². The number of nitrogens with one attached hydrogen (secondary N) is 1. The van der Waals surface area contributed by atoms with Gasteiger partial charge in [-0.3, -0.25) is 9.59 Å². The number of aromatic amines is 1. The number of carboxylic acid groups (broad SMARTS) is 1. The molecule has 0 radical (unpaired) electrons. The summed E-state index contributed by atoms with van der Waals surface area (Å²) in [5.41, 5.74) is 1.42. The molecule has 6 heteroatoms. The highest BCUT2D eigenvalue weighted by Crippen LogP contribution is 2.23. The zero-order valence-electron chi connectivity index (χ0n) is 12.2. The Morgan fingerprint density at radius 1 is 1.43 bits per heavy atom. The lowest BCUT2D eigenvalue weighted by molar-refractivity contribution is -0.137. The van der Waals surface area contributed by atoms with Crippen molar-refractivity contribution in [2.24, 2.45) is 5.92 Å². The largest absolute Gasteiger partial charge is 0.480 e. The van der Waals surface area contributed by atoms with Gasteiger partial charge >= 0.3 is 5.97 Å². The predicted octanol–water partition coefficient (Wildman–Crippen LogP) is 2.57. The average Bonchev–Trinajstić information content (AvgIpc) is 2.39. The summed E-state index contributed by atoms with van der Waals surface area (Å²) < 4.78 is 0. The molecule has 0 amide bonds. The van der Waals surface area contributed by atoms with E-state index in [-0.39, 0.29) is 11.5 Å². The molecule has 5 nitrogen and oxygen atoms in total. The fourth-order valence-electron chi connectivity index (χ4n) is 2.14. The van der Waals surface area contributed by atoms with E-state index in [1.54, 1.807) is 6.07 Å². The summed E-state index contributed by atoms with van der Waals surface area (Å²) in [6.45, 7) is 5.64. The average molecular weight is 306 g/mol. The number of thioether (sulfide) groups is 1. The minimum absolute atomic E-state index is 0.0152. The summed E-state index contributed by atoms with van der Waals surface area (Å²) in [4.78, 5) is 30.4. The smallest absolute Gasteiger partial charge is 0.316 e. The predicted molar refractivity (Wildman–Crippen MR) is 84.7 cm³/mol. The Morgan fingerprint density at radius 3 is 2.76 bits per heavy atom. The fourth-order valence-corrected chi connectivity index (χ4v) is 3.14. The van der Waals surface area contributed by atoms with Crippen molar-refractivity contribution in [3.63, 3.8) is 0 Å². The van der Waals surface area contributed by atoms with Gasteiger partial charge in [0.1, 0.15) is 11.1 Å². The molecule has 0 aliphatic carbocycles. The van der Waals surface area contributed by atoms with Crippen molar-refractivity contribution in [1.82, 2.24) is 9.97 Å². The summed E-state index contributed by atoms with van der Waals surface area (Å²) in [7, 11) is 0. The molecular formula is C15H18N2O3S. The van der Waals surface area contributed by atoms with Crippen LogP contribution in [0, 0.1) is 12.8 Å². The van der Waals surface area contributed by atoms with Crippen molar-refractivity contribution in [2.75, 3.05) is 0 Å². The van der Waals surface area contributed by atoms with E-state index in [1.807, 2.05) is 32.9 Å². The van der Waals surface area contributed by atoms with Gasteiger partial charge in [-0.05, 0) is 24.5 Å². The molecule has 21 heavy (non-hydrogen) atoms. The molecule has 1 unspecified atom stereocenters. The lowest BCUT2D eigenvalue weighted by Gasteiger charge is -2.15. The molecule has 1 aromatic heterocycles. The van der Waals surface area contributed by atoms with Crippen LogP contribution in [0.5, 0.6) is 0 Å². The van der Waals surface area contributed by atoms with Gasteiger partial charge in [-0.1, -0.05) is 26.0 Å². The first-order valence-corrected chi connectivity index (χ1v) is 7.78. The first-order chi connectivity index (χ1) is 9.90. The second-order valence-electron chi connectivity index (χ2n) is 5.30. The zero-order valence-corrected chi connectivity index (χ0v) is 13.0. The summed E-state index contributed by atoms with van der Waals surface area (Å²) in [6.07, 6.45) is 0. The van der Waals surface area contributed by atoms with Gasteiger partial charge in [0.15, 0.2) is 0 Å². The lowest BCUT2D eigenvalue weighted by Crippen LogP contribution is -2.23. The summed E-state index contributed by atoms with van der Waals surface area (Å²) >= 11 is 1.28. The van der Waals surface area contributed by atoms with E-state index in [4.69, 9.17) is 0 Å². The third-order valence-electron chi connectivity index (χ3n) is 3.24. The van der Waals surface area contributed by atoms with Gasteiger partial charge in [-0.15, -0.1) is 11.8 Å². The Balaban J connectivity index is 2.29. The van der Waals surface area contributed by atoms with Gasteiger partial charge < -0.3 is 10.1 Å². The Kier molecular flexibility index (Phi) is 4.67. The third-order valence-corrected chi connectivity index (χ3v) is 4.78. The maximum absolute atomic E-state index is 12.0. The number of aromatic nitrogens is 2. The van der Waals surface area contributed by atoms with Gasteiger partial charge in [-0.25, -0.2) is 4.98 Å². The minimum atomic E-state index is -0.839. The molecule has 112 valence electrons. The van der Waals surface area contributed by atoms with Gasteiger partial charge in [0.2, 0.25) is 0 Å². The monoisotopic (exact) mass is 306 g/mol. The minimum Gasteiger partial charge on any atom is -0.480 e. The highest BCUT2D eigenvalue weighted by atomic mass is 32.2. The maximum atomic E-state index is 12.0. The molecule has 2 aromatic rings.